The minimum atomic E-state index is -0.823. The van der Waals surface area contributed by atoms with E-state index in [-0.39, 0.29) is 10.6 Å². The van der Waals surface area contributed by atoms with Gasteiger partial charge in [-0.3, -0.25) is 4.79 Å². The molecule has 2 rings (SSSR count). The first-order chi connectivity index (χ1) is 9.02. The first kappa shape index (κ1) is 13.7. The Hall–Kier alpha value is -1.74. The maximum Gasteiger partial charge on any atom is 0.196 e. The Kier molecular flexibility index (Phi) is 3.96. The Morgan fingerprint density at radius 3 is 2.32 bits per heavy atom. The molecule has 0 fully saturated rings. The van der Waals surface area contributed by atoms with E-state index < -0.39 is 17.4 Å². The zero-order valence-corrected chi connectivity index (χ0v) is 11.0. The van der Waals surface area contributed by atoms with Crippen LogP contribution < -0.4 is 0 Å². The molecular weight excluding hydrogens is 270 g/mol. The summed E-state index contributed by atoms with van der Waals surface area (Å²) in [5, 5.41) is -0.338. The van der Waals surface area contributed by atoms with E-state index in [0.717, 1.165) is 24.1 Å². The molecule has 4 heteroatoms. The third-order valence-corrected chi connectivity index (χ3v) is 3.17. The third kappa shape index (κ3) is 2.82. The number of ketones is 1. The van der Waals surface area contributed by atoms with E-state index in [1.807, 2.05) is 6.92 Å². The van der Waals surface area contributed by atoms with Crippen LogP contribution in [0.3, 0.4) is 0 Å². The number of aryl methyl sites for hydroxylation is 1. The number of carbonyl (C=O) groups is 1. The van der Waals surface area contributed by atoms with Gasteiger partial charge in [-0.2, -0.15) is 0 Å². The average molecular weight is 281 g/mol. The van der Waals surface area contributed by atoms with Gasteiger partial charge in [0.25, 0.3) is 0 Å². The molecule has 0 aliphatic carbocycles. The Bertz CT molecular complexity index is 621. The lowest BCUT2D eigenvalue weighted by atomic mass is 10.0. The van der Waals surface area contributed by atoms with Crippen LogP contribution in [0.5, 0.6) is 0 Å². The second-order valence-corrected chi connectivity index (χ2v) is 4.53. The number of halogens is 3. The molecule has 1 nitrogen and oxygen atoms in total. The van der Waals surface area contributed by atoms with Gasteiger partial charge in [-0.25, -0.2) is 8.78 Å². The highest BCUT2D eigenvalue weighted by molar-refractivity contribution is 6.30. The molecule has 19 heavy (non-hydrogen) atoms. The maximum absolute atomic E-state index is 13.6. The van der Waals surface area contributed by atoms with Crippen molar-refractivity contribution in [1.82, 2.24) is 0 Å². The summed E-state index contributed by atoms with van der Waals surface area (Å²) in [7, 11) is 0. The highest BCUT2D eigenvalue weighted by Gasteiger charge is 2.17. The van der Waals surface area contributed by atoms with Crippen LogP contribution in [0.1, 0.15) is 28.4 Å². The SMILES string of the molecule is CCc1ccc(C(=O)c2cc(F)c(Cl)cc2F)cc1. The fraction of sp³-hybridized carbons (Fsp3) is 0.133. The lowest BCUT2D eigenvalue weighted by Crippen LogP contribution is -2.05. The maximum atomic E-state index is 13.6. The number of benzene rings is 2. The Morgan fingerprint density at radius 1 is 1.11 bits per heavy atom. The zero-order valence-electron chi connectivity index (χ0n) is 10.2. The molecule has 0 amide bonds. The van der Waals surface area contributed by atoms with Gasteiger partial charge in [-0.05, 0) is 24.1 Å². The van der Waals surface area contributed by atoms with Crippen LogP contribution in [0, 0.1) is 11.6 Å². The normalized spacial score (nSPS) is 10.5. The Morgan fingerprint density at radius 2 is 1.74 bits per heavy atom. The molecule has 0 unspecified atom stereocenters. The van der Waals surface area contributed by atoms with Crippen molar-refractivity contribution >= 4 is 17.4 Å². The van der Waals surface area contributed by atoms with E-state index in [0.29, 0.717) is 5.56 Å². The van der Waals surface area contributed by atoms with E-state index >= 15 is 0 Å². The fourth-order valence-electron chi connectivity index (χ4n) is 1.74. The molecule has 2 aromatic rings. The molecule has 0 saturated heterocycles. The van der Waals surface area contributed by atoms with Crippen LogP contribution in [-0.2, 0) is 6.42 Å². The second-order valence-electron chi connectivity index (χ2n) is 4.13. The molecular formula is C15H11ClF2O. The van der Waals surface area contributed by atoms with Gasteiger partial charge in [0.1, 0.15) is 11.6 Å². The van der Waals surface area contributed by atoms with Crippen molar-refractivity contribution in [3.05, 3.63) is 69.7 Å². The monoisotopic (exact) mass is 280 g/mol. The van der Waals surface area contributed by atoms with Crippen molar-refractivity contribution < 1.29 is 13.6 Å². The topological polar surface area (TPSA) is 17.1 Å². The smallest absolute Gasteiger partial charge is 0.196 e. The second kappa shape index (κ2) is 5.49. The lowest BCUT2D eigenvalue weighted by molar-refractivity contribution is 0.103. The number of hydrogen-bond donors (Lipinski definition) is 0. The van der Waals surface area contributed by atoms with Crippen molar-refractivity contribution in [1.29, 1.82) is 0 Å². The van der Waals surface area contributed by atoms with Crippen LogP contribution in [0.15, 0.2) is 36.4 Å². The van der Waals surface area contributed by atoms with E-state index in [1.54, 1.807) is 24.3 Å². The van der Waals surface area contributed by atoms with Gasteiger partial charge in [0.15, 0.2) is 5.78 Å². The summed E-state index contributed by atoms with van der Waals surface area (Å²) in [6, 6.07) is 8.42. The van der Waals surface area contributed by atoms with Crippen LogP contribution in [0.4, 0.5) is 8.78 Å². The summed E-state index contributed by atoms with van der Waals surface area (Å²) in [4.78, 5) is 12.1. The molecule has 0 aliphatic heterocycles. The predicted octanol–water partition coefficient (Wildman–Crippen LogP) is 4.41. The van der Waals surface area contributed by atoms with Crippen molar-refractivity contribution in [2.75, 3.05) is 0 Å². The fourth-order valence-corrected chi connectivity index (χ4v) is 1.89. The molecule has 2 aromatic carbocycles. The van der Waals surface area contributed by atoms with E-state index in [2.05, 4.69) is 0 Å². The Labute approximate surface area is 114 Å². The van der Waals surface area contributed by atoms with E-state index in [9.17, 15) is 13.6 Å². The molecule has 0 radical (unpaired) electrons. The minimum absolute atomic E-state index is 0.314. The van der Waals surface area contributed by atoms with Crippen molar-refractivity contribution in [2.45, 2.75) is 13.3 Å². The highest BCUT2D eigenvalue weighted by atomic mass is 35.5. The molecule has 0 saturated carbocycles. The van der Waals surface area contributed by atoms with Crippen molar-refractivity contribution in [3.8, 4) is 0 Å². The number of rotatable bonds is 3. The minimum Gasteiger partial charge on any atom is -0.288 e. The van der Waals surface area contributed by atoms with Crippen LogP contribution >= 0.6 is 11.6 Å². The summed E-state index contributed by atoms with van der Waals surface area (Å²) in [5.41, 5.74) is 1.07. The van der Waals surface area contributed by atoms with E-state index in [4.69, 9.17) is 11.6 Å². The molecule has 0 spiro atoms. The third-order valence-electron chi connectivity index (χ3n) is 2.88. The Balaban J connectivity index is 2.40. The molecule has 0 aromatic heterocycles. The van der Waals surface area contributed by atoms with Gasteiger partial charge >= 0.3 is 0 Å². The summed E-state index contributed by atoms with van der Waals surface area (Å²) >= 11 is 5.45. The predicted molar refractivity (Wildman–Crippen MR) is 70.6 cm³/mol. The van der Waals surface area contributed by atoms with Crippen LogP contribution in [0.2, 0.25) is 5.02 Å². The van der Waals surface area contributed by atoms with Crippen molar-refractivity contribution in [3.63, 3.8) is 0 Å². The summed E-state index contributed by atoms with van der Waals surface area (Å²) < 4.78 is 26.9. The molecule has 0 heterocycles. The summed E-state index contributed by atoms with van der Waals surface area (Å²) in [6.07, 6.45) is 0.846. The average Bonchev–Trinajstić information content (AvgIpc) is 2.42. The lowest BCUT2D eigenvalue weighted by Gasteiger charge is -2.05. The first-order valence-corrected chi connectivity index (χ1v) is 6.19. The zero-order chi connectivity index (χ0) is 14.0. The number of hydrogen-bond acceptors (Lipinski definition) is 1. The van der Waals surface area contributed by atoms with Gasteiger partial charge in [0.2, 0.25) is 0 Å². The van der Waals surface area contributed by atoms with Gasteiger partial charge in [-0.15, -0.1) is 0 Å². The quantitative estimate of drug-likeness (QED) is 0.601. The van der Waals surface area contributed by atoms with Crippen LogP contribution in [0.25, 0.3) is 0 Å². The number of carbonyl (C=O) groups excluding carboxylic acids is 1. The molecule has 98 valence electrons. The summed E-state index contributed by atoms with van der Waals surface area (Å²) in [6.45, 7) is 1.99. The van der Waals surface area contributed by atoms with Gasteiger partial charge in [0.05, 0.1) is 10.6 Å². The molecule has 0 atom stereocenters. The van der Waals surface area contributed by atoms with Crippen molar-refractivity contribution in [2.24, 2.45) is 0 Å². The molecule has 0 N–H and O–H groups in total. The van der Waals surface area contributed by atoms with Gasteiger partial charge in [-0.1, -0.05) is 42.8 Å². The summed E-state index contributed by atoms with van der Waals surface area (Å²) in [5.74, 6) is -2.19. The molecule has 0 bridgehead atoms. The standard InChI is InChI=1S/C15H11ClF2O/c1-2-9-3-5-10(6-4-9)15(19)11-7-14(18)12(16)8-13(11)17/h3-8H,2H2,1H3. The molecule has 0 aliphatic rings. The highest BCUT2D eigenvalue weighted by Crippen LogP contribution is 2.21. The van der Waals surface area contributed by atoms with Gasteiger partial charge < -0.3 is 0 Å². The van der Waals surface area contributed by atoms with Crippen LogP contribution in [-0.4, -0.2) is 5.78 Å². The van der Waals surface area contributed by atoms with Gasteiger partial charge in [0, 0.05) is 5.56 Å². The largest absolute Gasteiger partial charge is 0.288 e. The first-order valence-electron chi connectivity index (χ1n) is 5.81. The van der Waals surface area contributed by atoms with E-state index in [1.165, 1.54) is 0 Å².